The molecule has 0 heterocycles. The number of nitrogens with zero attached hydrogens (tertiary/aromatic N) is 2. The molecule has 3 N–H and O–H groups in total. The Morgan fingerprint density at radius 1 is 1.53 bits per heavy atom. The number of amides is 1. The summed E-state index contributed by atoms with van der Waals surface area (Å²) in [6, 6.07) is 0. The Morgan fingerprint density at radius 3 is 2.47 bits per heavy atom. The maximum atomic E-state index is 12.6. The fourth-order valence-electron chi connectivity index (χ4n) is 1.82. The standard InChI is InChI=1S/C13H27N3O3/c1-6-13(4,11(14)15-18)12(17)16(7-8-19-5)9-10(2)3/h10,18H,6-9H2,1-5H3,(H2,14,15). The summed E-state index contributed by atoms with van der Waals surface area (Å²) in [5, 5.41) is 11.9. The minimum absolute atomic E-state index is 0.0498. The van der Waals surface area contributed by atoms with Gasteiger partial charge in [0.2, 0.25) is 5.91 Å². The Bertz CT molecular complexity index is 318. The van der Waals surface area contributed by atoms with Crippen molar-refractivity contribution < 1.29 is 14.7 Å². The molecule has 0 aromatic carbocycles. The molecule has 0 spiro atoms. The molecule has 0 aliphatic carbocycles. The molecular formula is C13H27N3O3. The first-order valence-corrected chi connectivity index (χ1v) is 6.59. The van der Waals surface area contributed by atoms with Gasteiger partial charge in [-0.05, 0) is 19.3 Å². The molecule has 0 aliphatic heterocycles. The number of carbonyl (C=O) groups is 1. The lowest BCUT2D eigenvalue weighted by atomic mass is 9.84. The molecule has 0 rings (SSSR count). The van der Waals surface area contributed by atoms with Crippen LogP contribution in [0.5, 0.6) is 0 Å². The second kappa shape index (κ2) is 7.99. The van der Waals surface area contributed by atoms with Gasteiger partial charge in [-0.3, -0.25) is 4.79 Å². The van der Waals surface area contributed by atoms with Crippen LogP contribution < -0.4 is 5.73 Å². The summed E-state index contributed by atoms with van der Waals surface area (Å²) in [5.74, 6) is 0.163. The number of nitrogens with two attached hydrogens (primary N) is 1. The largest absolute Gasteiger partial charge is 0.409 e. The van der Waals surface area contributed by atoms with E-state index in [2.05, 4.69) is 5.16 Å². The molecule has 0 fully saturated rings. The van der Waals surface area contributed by atoms with Crippen LogP contribution in [0, 0.1) is 11.3 Å². The number of hydrogen-bond acceptors (Lipinski definition) is 4. The predicted molar refractivity (Wildman–Crippen MR) is 75.1 cm³/mol. The molecule has 1 amide bonds. The normalized spacial score (nSPS) is 15.4. The fraction of sp³-hybridized carbons (Fsp3) is 0.846. The molecule has 0 saturated carbocycles. The van der Waals surface area contributed by atoms with Crippen LogP contribution in [0.2, 0.25) is 0 Å². The Hall–Kier alpha value is -1.30. The van der Waals surface area contributed by atoms with Crippen LogP contribution in [0.4, 0.5) is 0 Å². The van der Waals surface area contributed by atoms with Crippen molar-refractivity contribution in [2.45, 2.75) is 34.1 Å². The molecule has 0 saturated heterocycles. The van der Waals surface area contributed by atoms with E-state index >= 15 is 0 Å². The Labute approximate surface area is 115 Å². The highest BCUT2D eigenvalue weighted by Crippen LogP contribution is 2.25. The van der Waals surface area contributed by atoms with E-state index in [4.69, 9.17) is 15.7 Å². The topological polar surface area (TPSA) is 88.2 Å². The van der Waals surface area contributed by atoms with Crippen molar-refractivity contribution in [1.29, 1.82) is 0 Å². The van der Waals surface area contributed by atoms with Crippen molar-refractivity contribution in [2.75, 3.05) is 26.8 Å². The lowest BCUT2D eigenvalue weighted by Crippen LogP contribution is -2.51. The van der Waals surface area contributed by atoms with Gasteiger partial charge in [0, 0.05) is 20.2 Å². The van der Waals surface area contributed by atoms with Gasteiger partial charge in [0.1, 0.15) is 5.41 Å². The third-order valence-corrected chi connectivity index (χ3v) is 3.29. The molecule has 1 unspecified atom stereocenters. The zero-order valence-electron chi connectivity index (χ0n) is 12.6. The molecule has 6 nitrogen and oxygen atoms in total. The lowest BCUT2D eigenvalue weighted by Gasteiger charge is -2.33. The molecule has 0 aromatic heterocycles. The smallest absolute Gasteiger partial charge is 0.236 e. The second-order valence-corrected chi connectivity index (χ2v) is 5.31. The predicted octanol–water partition coefficient (Wildman–Crippen LogP) is 1.28. The fourth-order valence-corrected chi connectivity index (χ4v) is 1.82. The van der Waals surface area contributed by atoms with Gasteiger partial charge >= 0.3 is 0 Å². The van der Waals surface area contributed by atoms with E-state index < -0.39 is 5.41 Å². The van der Waals surface area contributed by atoms with E-state index in [9.17, 15) is 4.79 Å². The molecular weight excluding hydrogens is 246 g/mol. The van der Waals surface area contributed by atoms with Crippen LogP contribution in [0.1, 0.15) is 34.1 Å². The maximum Gasteiger partial charge on any atom is 0.236 e. The molecule has 19 heavy (non-hydrogen) atoms. The summed E-state index contributed by atoms with van der Waals surface area (Å²) in [4.78, 5) is 14.4. The Kier molecular flexibility index (Phi) is 7.44. The summed E-state index contributed by atoms with van der Waals surface area (Å²) < 4.78 is 5.03. The third-order valence-electron chi connectivity index (χ3n) is 3.29. The van der Waals surface area contributed by atoms with Crippen LogP contribution in [0.25, 0.3) is 0 Å². The van der Waals surface area contributed by atoms with Gasteiger partial charge in [0.25, 0.3) is 0 Å². The van der Waals surface area contributed by atoms with Crippen molar-refractivity contribution in [1.82, 2.24) is 4.90 Å². The van der Waals surface area contributed by atoms with Crippen molar-refractivity contribution in [3.8, 4) is 0 Å². The van der Waals surface area contributed by atoms with Gasteiger partial charge in [-0.1, -0.05) is 25.9 Å². The number of amidine groups is 1. The van der Waals surface area contributed by atoms with Crippen LogP contribution in [0.3, 0.4) is 0 Å². The molecule has 0 aliphatic rings. The second-order valence-electron chi connectivity index (χ2n) is 5.31. The first-order valence-electron chi connectivity index (χ1n) is 6.59. The maximum absolute atomic E-state index is 12.6. The van der Waals surface area contributed by atoms with E-state index in [1.54, 1.807) is 18.9 Å². The third kappa shape index (κ3) is 4.70. The zero-order chi connectivity index (χ0) is 15.1. The van der Waals surface area contributed by atoms with Crippen molar-refractivity contribution in [2.24, 2.45) is 22.2 Å². The summed E-state index contributed by atoms with van der Waals surface area (Å²) >= 11 is 0. The molecule has 0 bridgehead atoms. The average Bonchev–Trinajstić information content (AvgIpc) is 2.40. The Morgan fingerprint density at radius 2 is 2.11 bits per heavy atom. The quantitative estimate of drug-likeness (QED) is 0.302. The summed E-state index contributed by atoms with van der Waals surface area (Å²) in [6.45, 7) is 9.22. The van der Waals surface area contributed by atoms with Crippen LogP contribution >= 0.6 is 0 Å². The molecule has 112 valence electrons. The Balaban J connectivity index is 5.13. The monoisotopic (exact) mass is 273 g/mol. The van der Waals surface area contributed by atoms with E-state index in [1.165, 1.54) is 0 Å². The van der Waals surface area contributed by atoms with Gasteiger partial charge in [-0.2, -0.15) is 0 Å². The number of hydrogen-bond donors (Lipinski definition) is 2. The highest BCUT2D eigenvalue weighted by Gasteiger charge is 2.39. The van der Waals surface area contributed by atoms with Gasteiger partial charge in [-0.25, -0.2) is 0 Å². The van der Waals surface area contributed by atoms with E-state index in [0.717, 1.165) is 0 Å². The number of carbonyl (C=O) groups excluding carboxylic acids is 1. The highest BCUT2D eigenvalue weighted by molar-refractivity contribution is 6.06. The highest BCUT2D eigenvalue weighted by atomic mass is 16.5. The molecule has 0 radical (unpaired) electrons. The lowest BCUT2D eigenvalue weighted by molar-refractivity contribution is -0.139. The number of ether oxygens (including phenoxy) is 1. The van der Waals surface area contributed by atoms with Crippen molar-refractivity contribution in [3.63, 3.8) is 0 Å². The SMILES string of the molecule is CCC(C)(C(=O)N(CCOC)CC(C)C)C(N)=NO. The van der Waals surface area contributed by atoms with Crippen molar-refractivity contribution in [3.05, 3.63) is 0 Å². The van der Waals surface area contributed by atoms with Gasteiger partial charge < -0.3 is 20.6 Å². The number of methoxy groups -OCH3 is 1. The molecule has 0 aromatic rings. The summed E-state index contributed by atoms with van der Waals surface area (Å²) in [5.41, 5.74) is 4.71. The molecule has 6 heteroatoms. The molecule has 1 atom stereocenters. The minimum atomic E-state index is -0.975. The van der Waals surface area contributed by atoms with E-state index in [1.807, 2.05) is 20.8 Å². The van der Waals surface area contributed by atoms with Crippen LogP contribution in [-0.4, -0.2) is 48.7 Å². The van der Waals surface area contributed by atoms with Crippen molar-refractivity contribution >= 4 is 11.7 Å². The first kappa shape index (κ1) is 17.7. The van der Waals surface area contributed by atoms with E-state index in [0.29, 0.717) is 32.0 Å². The van der Waals surface area contributed by atoms with E-state index in [-0.39, 0.29) is 11.7 Å². The first-order chi connectivity index (χ1) is 8.83. The number of oxime groups is 1. The van der Waals surface area contributed by atoms with Crippen LogP contribution in [0.15, 0.2) is 5.16 Å². The summed E-state index contributed by atoms with van der Waals surface area (Å²) in [6.07, 6.45) is 0.476. The summed E-state index contributed by atoms with van der Waals surface area (Å²) in [7, 11) is 1.60. The minimum Gasteiger partial charge on any atom is -0.409 e. The average molecular weight is 273 g/mol. The van der Waals surface area contributed by atoms with Crippen LogP contribution in [-0.2, 0) is 9.53 Å². The van der Waals surface area contributed by atoms with Gasteiger partial charge in [0.05, 0.1) is 6.61 Å². The zero-order valence-corrected chi connectivity index (χ0v) is 12.6. The van der Waals surface area contributed by atoms with Gasteiger partial charge in [0.15, 0.2) is 5.84 Å². The van der Waals surface area contributed by atoms with Gasteiger partial charge in [-0.15, -0.1) is 0 Å². The number of rotatable bonds is 8.